The van der Waals surface area contributed by atoms with E-state index in [2.05, 4.69) is 13.8 Å². The van der Waals surface area contributed by atoms with Crippen molar-refractivity contribution < 1.29 is 13.9 Å². The molecule has 29 heavy (non-hydrogen) atoms. The van der Waals surface area contributed by atoms with Crippen molar-refractivity contribution in [3.63, 3.8) is 0 Å². The molecule has 1 aliphatic heterocycles. The zero-order valence-electron chi connectivity index (χ0n) is 18.6. The predicted octanol–water partition coefficient (Wildman–Crippen LogP) is 7.61. The lowest BCUT2D eigenvalue weighted by Gasteiger charge is -2.38. The smallest absolute Gasteiger partial charge is 0.186 e. The zero-order chi connectivity index (χ0) is 20.5. The Labute approximate surface area is 177 Å². The largest absolute Gasteiger partial charge is 0.348 e. The number of ether oxygens (including phenoxy) is 2. The summed E-state index contributed by atoms with van der Waals surface area (Å²) in [6.45, 7) is 5.87. The van der Waals surface area contributed by atoms with Crippen LogP contribution < -0.4 is 0 Å². The predicted molar refractivity (Wildman–Crippen MR) is 117 cm³/mol. The van der Waals surface area contributed by atoms with Crippen LogP contribution >= 0.6 is 0 Å². The lowest BCUT2D eigenvalue weighted by Crippen LogP contribution is -2.34. The number of benzene rings is 1. The van der Waals surface area contributed by atoms with Crippen LogP contribution in [0.1, 0.15) is 102 Å². The van der Waals surface area contributed by atoms with Gasteiger partial charge >= 0.3 is 0 Å². The summed E-state index contributed by atoms with van der Waals surface area (Å²) in [5.41, 5.74) is 1.63. The molecule has 2 nitrogen and oxygen atoms in total. The molecule has 3 heteroatoms. The Kier molecular flexibility index (Phi) is 9.45. The van der Waals surface area contributed by atoms with Crippen LogP contribution in [-0.2, 0) is 15.9 Å². The van der Waals surface area contributed by atoms with E-state index in [-0.39, 0.29) is 5.82 Å². The summed E-state index contributed by atoms with van der Waals surface area (Å²) < 4.78 is 26.6. The monoisotopic (exact) mass is 404 g/mol. The first kappa shape index (κ1) is 22.7. The number of hydrogen-bond acceptors (Lipinski definition) is 2. The summed E-state index contributed by atoms with van der Waals surface area (Å²) in [6, 6.07) is 5.57. The molecule has 1 aromatic carbocycles. The van der Waals surface area contributed by atoms with Crippen molar-refractivity contribution in [2.75, 3.05) is 13.2 Å². The third-order valence-corrected chi connectivity index (χ3v) is 7.09. The summed E-state index contributed by atoms with van der Waals surface area (Å²) in [7, 11) is 0. The van der Waals surface area contributed by atoms with Crippen LogP contribution in [0.15, 0.2) is 18.2 Å². The molecule has 1 saturated heterocycles. The average molecular weight is 405 g/mol. The van der Waals surface area contributed by atoms with E-state index in [4.69, 9.17) is 9.47 Å². The van der Waals surface area contributed by atoms with Crippen LogP contribution in [0.25, 0.3) is 0 Å². The fourth-order valence-electron chi connectivity index (χ4n) is 5.10. The van der Waals surface area contributed by atoms with Gasteiger partial charge in [-0.1, -0.05) is 77.3 Å². The van der Waals surface area contributed by atoms with Crippen LogP contribution in [0, 0.1) is 23.6 Å². The standard InChI is InChI=1S/C26H41FO2/c1-3-5-7-9-20-11-14-22(15-12-20)23-18-28-26(29-19-23)24-16-13-21(17-25(24)27)10-8-6-4-2/h13,16-17,20,22-23,26H,3-12,14-15,18-19H2,1-2H3/t20-,22-,23?,26?. The molecule has 164 valence electrons. The summed E-state index contributed by atoms with van der Waals surface area (Å²) in [5, 5.41) is 0. The van der Waals surface area contributed by atoms with Gasteiger partial charge in [0.2, 0.25) is 0 Å². The normalized spacial score (nSPS) is 27.8. The number of aryl methyl sites for hydroxylation is 1. The quantitative estimate of drug-likeness (QED) is 0.374. The summed E-state index contributed by atoms with van der Waals surface area (Å²) in [5.74, 6) is 1.93. The molecule has 1 aromatic rings. The second-order valence-electron chi connectivity index (χ2n) is 9.35. The van der Waals surface area contributed by atoms with Gasteiger partial charge in [-0.2, -0.15) is 0 Å². The lowest BCUT2D eigenvalue weighted by atomic mass is 9.74. The van der Waals surface area contributed by atoms with E-state index < -0.39 is 6.29 Å². The highest BCUT2D eigenvalue weighted by molar-refractivity contribution is 5.25. The van der Waals surface area contributed by atoms with Crippen LogP contribution in [-0.4, -0.2) is 13.2 Å². The molecular weight excluding hydrogens is 363 g/mol. The Morgan fingerprint density at radius 1 is 0.862 bits per heavy atom. The van der Waals surface area contributed by atoms with Crippen molar-refractivity contribution in [3.05, 3.63) is 35.1 Å². The van der Waals surface area contributed by atoms with Crippen molar-refractivity contribution >= 4 is 0 Å². The van der Waals surface area contributed by atoms with E-state index in [1.807, 2.05) is 12.1 Å². The van der Waals surface area contributed by atoms with Gasteiger partial charge in [0.1, 0.15) is 5.82 Å². The minimum absolute atomic E-state index is 0.185. The molecule has 0 spiro atoms. The minimum Gasteiger partial charge on any atom is -0.348 e. The van der Waals surface area contributed by atoms with E-state index in [1.165, 1.54) is 64.2 Å². The third-order valence-electron chi connectivity index (χ3n) is 7.09. The molecule has 2 aliphatic rings. The fraction of sp³-hybridized carbons (Fsp3) is 0.769. The average Bonchev–Trinajstić information content (AvgIpc) is 2.75. The van der Waals surface area contributed by atoms with Gasteiger partial charge in [-0.05, 0) is 49.1 Å². The van der Waals surface area contributed by atoms with Gasteiger partial charge in [0.15, 0.2) is 6.29 Å². The van der Waals surface area contributed by atoms with Gasteiger partial charge in [0.05, 0.1) is 13.2 Å². The van der Waals surface area contributed by atoms with Gasteiger partial charge in [0.25, 0.3) is 0 Å². The van der Waals surface area contributed by atoms with Crippen molar-refractivity contribution in [1.29, 1.82) is 0 Å². The van der Waals surface area contributed by atoms with Crippen molar-refractivity contribution in [2.24, 2.45) is 17.8 Å². The van der Waals surface area contributed by atoms with E-state index in [0.29, 0.717) is 30.6 Å². The molecule has 0 N–H and O–H groups in total. The first-order valence-electron chi connectivity index (χ1n) is 12.2. The second-order valence-corrected chi connectivity index (χ2v) is 9.35. The molecular formula is C26H41FO2. The number of unbranched alkanes of at least 4 members (excludes halogenated alkanes) is 4. The van der Waals surface area contributed by atoms with Crippen LogP contribution in [0.4, 0.5) is 4.39 Å². The SMILES string of the molecule is CCCCCc1ccc(C2OCC([C@H]3CC[C@H](CCCCC)CC3)CO2)c(F)c1. The topological polar surface area (TPSA) is 18.5 Å². The van der Waals surface area contributed by atoms with Gasteiger partial charge in [-0.15, -0.1) is 0 Å². The van der Waals surface area contributed by atoms with Crippen molar-refractivity contribution in [1.82, 2.24) is 0 Å². The molecule has 1 saturated carbocycles. The van der Waals surface area contributed by atoms with Gasteiger partial charge in [0, 0.05) is 11.5 Å². The van der Waals surface area contributed by atoms with Gasteiger partial charge < -0.3 is 9.47 Å². The molecule has 0 atom stereocenters. The van der Waals surface area contributed by atoms with Crippen LogP contribution in [0.3, 0.4) is 0 Å². The lowest BCUT2D eigenvalue weighted by molar-refractivity contribution is -0.215. The van der Waals surface area contributed by atoms with E-state index in [0.717, 1.165) is 24.3 Å². The second kappa shape index (κ2) is 12.1. The molecule has 0 radical (unpaired) electrons. The molecule has 0 aromatic heterocycles. The summed E-state index contributed by atoms with van der Waals surface area (Å²) in [6.07, 6.45) is 14.7. The number of hydrogen-bond donors (Lipinski definition) is 0. The van der Waals surface area contributed by atoms with Crippen LogP contribution in [0.2, 0.25) is 0 Å². The van der Waals surface area contributed by atoms with Crippen molar-refractivity contribution in [2.45, 2.75) is 97.2 Å². The molecule has 1 heterocycles. The number of rotatable bonds is 10. The zero-order valence-corrected chi connectivity index (χ0v) is 18.6. The van der Waals surface area contributed by atoms with E-state index in [9.17, 15) is 4.39 Å². The number of halogens is 1. The maximum absolute atomic E-state index is 14.6. The Morgan fingerprint density at radius 2 is 1.55 bits per heavy atom. The first-order chi connectivity index (χ1) is 14.2. The Bertz CT molecular complexity index is 586. The molecule has 3 rings (SSSR count). The molecule has 0 bridgehead atoms. The molecule has 1 aliphatic carbocycles. The first-order valence-corrected chi connectivity index (χ1v) is 12.2. The highest BCUT2D eigenvalue weighted by Gasteiger charge is 2.33. The highest BCUT2D eigenvalue weighted by atomic mass is 19.1. The van der Waals surface area contributed by atoms with Crippen molar-refractivity contribution in [3.8, 4) is 0 Å². The van der Waals surface area contributed by atoms with E-state index >= 15 is 0 Å². The van der Waals surface area contributed by atoms with Crippen LogP contribution in [0.5, 0.6) is 0 Å². The minimum atomic E-state index is -0.540. The van der Waals surface area contributed by atoms with Gasteiger partial charge in [-0.3, -0.25) is 0 Å². The van der Waals surface area contributed by atoms with Gasteiger partial charge in [-0.25, -0.2) is 4.39 Å². The fourth-order valence-corrected chi connectivity index (χ4v) is 5.10. The maximum atomic E-state index is 14.6. The highest BCUT2D eigenvalue weighted by Crippen LogP contribution is 2.39. The third kappa shape index (κ3) is 6.79. The summed E-state index contributed by atoms with van der Waals surface area (Å²) in [4.78, 5) is 0. The Morgan fingerprint density at radius 3 is 2.21 bits per heavy atom. The summed E-state index contributed by atoms with van der Waals surface area (Å²) >= 11 is 0. The molecule has 2 fully saturated rings. The Hall–Kier alpha value is -0.930. The maximum Gasteiger partial charge on any atom is 0.186 e. The molecule has 0 amide bonds. The van der Waals surface area contributed by atoms with E-state index in [1.54, 1.807) is 6.07 Å². The molecule has 0 unspecified atom stereocenters. The Balaban J connectivity index is 1.42.